The van der Waals surface area contributed by atoms with Gasteiger partial charge in [-0.25, -0.2) is 0 Å². The maximum atomic E-state index is 8.79. The molecule has 0 aliphatic heterocycles. The Balaban J connectivity index is 0.000000302. The van der Waals surface area contributed by atoms with Gasteiger partial charge in [-0.15, -0.1) is 0 Å². The summed E-state index contributed by atoms with van der Waals surface area (Å²) in [5.74, 6) is 0.569. The van der Waals surface area contributed by atoms with E-state index in [1.165, 1.54) is 31.2 Å². The quantitative estimate of drug-likeness (QED) is 0.774. The third-order valence-corrected chi connectivity index (χ3v) is 2.90. The third kappa shape index (κ3) is 8.93. The molecular formula is C16H28O. The van der Waals surface area contributed by atoms with Gasteiger partial charge in [-0.1, -0.05) is 63.9 Å². The maximum absolute atomic E-state index is 8.79. The van der Waals surface area contributed by atoms with Crippen molar-refractivity contribution in [1.29, 1.82) is 0 Å². The molecule has 1 rings (SSSR count). The zero-order valence-electron chi connectivity index (χ0n) is 11.7. The van der Waals surface area contributed by atoms with Crippen molar-refractivity contribution in [2.24, 2.45) is 5.92 Å². The largest absolute Gasteiger partial charge is 0.396 e. The molecule has 0 heterocycles. The van der Waals surface area contributed by atoms with E-state index in [1.54, 1.807) is 0 Å². The van der Waals surface area contributed by atoms with E-state index in [9.17, 15) is 0 Å². The highest BCUT2D eigenvalue weighted by molar-refractivity contribution is 5.13. The van der Waals surface area contributed by atoms with Gasteiger partial charge in [-0.05, 0) is 30.7 Å². The molecule has 1 heteroatoms. The van der Waals surface area contributed by atoms with Crippen molar-refractivity contribution in [3.05, 3.63) is 35.9 Å². The minimum atomic E-state index is 0.377. The van der Waals surface area contributed by atoms with Crippen molar-refractivity contribution in [1.82, 2.24) is 0 Å². The van der Waals surface area contributed by atoms with Crippen LogP contribution < -0.4 is 0 Å². The van der Waals surface area contributed by atoms with Crippen LogP contribution in [0.15, 0.2) is 30.3 Å². The first-order chi connectivity index (χ1) is 8.28. The Morgan fingerprint density at radius 2 is 1.47 bits per heavy atom. The van der Waals surface area contributed by atoms with E-state index in [1.807, 2.05) is 6.07 Å². The lowest BCUT2D eigenvalue weighted by molar-refractivity contribution is 0.209. The second-order valence-corrected chi connectivity index (χ2v) is 4.47. The fourth-order valence-electron chi connectivity index (χ4n) is 1.86. The molecule has 1 aromatic rings. The molecule has 17 heavy (non-hydrogen) atoms. The van der Waals surface area contributed by atoms with Crippen molar-refractivity contribution in [3.8, 4) is 0 Å². The molecule has 0 aliphatic carbocycles. The molecule has 1 nitrogen and oxygen atoms in total. The molecular weight excluding hydrogens is 208 g/mol. The Labute approximate surface area is 107 Å². The third-order valence-electron chi connectivity index (χ3n) is 2.90. The number of aliphatic hydroxyl groups is 1. The fraction of sp³-hybridized carbons (Fsp3) is 0.625. The van der Waals surface area contributed by atoms with Crippen molar-refractivity contribution < 1.29 is 5.11 Å². The molecule has 0 bridgehead atoms. The minimum Gasteiger partial charge on any atom is -0.396 e. The van der Waals surface area contributed by atoms with Gasteiger partial charge in [0.05, 0.1) is 0 Å². The van der Waals surface area contributed by atoms with Gasteiger partial charge in [0.25, 0.3) is 0 Å². The molecule has 0 aromatic heterocycles. The fourth-order valence-corrected chi connectivity index (χ4v) is 1.86. The summed E-state index contributed by atoms with van der Waals surface area (Å²) in [6, 6.07) is 10.5. The van der Waals surface area contributed by atoms with Gasteiger partial charge >= 0.3 is 0 Å². The van der Waals surface area contributed by atoms with E-state index in [0.29, 0.717) is 12.5 Å². The predicted octanol–water partition coefficient (Wildman–Crippen LogP) is 4.44. The average molecular weight is 236 g/mol. The van der Waals surface area contributed by atoms with Crippen LogP contribution in [0.4, 0.5) is 0 Å². The highest BCUT2D eigenvalue weighted by Gasteiger charge is 2.02. The molecule has 0 spiro atoms. The van der Waals surface area contributed by atoms with E-state index >= 15 is 0 Å². The molecule has 0 saturated carbocycles. The number of aliphatic hydroxyl groups excluding tert-OH is 1. The normalized spacial score (nSPS) is 9.94. The predicted molar refractivity (Wildman–Crippen MR) is 76.2 cm³/mol. The van der Waals surface area contributed by atoms with Crippen molar-refractivity contribution in [2.75, 3.05) is 6.61 Å². The summed E-state index contributed by atoms with van der Waals surface area (Å²) in [5, 5.41) is 8.79. The monoisotopic (exact) mass is 236 g/mol. The van der Waals surface area contributed by atoms with E-state index < -0.39 is 0 Å². The molecule has 1 aromatic carbocycles. The summed E-state index contributed by atoms with van der Waals surface area (Å²) in [7, 11) is 0. The number of rotatable bonds is 6. The molecule has 0 fully saturated rings. The Hall–Kier alpha value is -0.820. The van der Waals surface area contributed by atoms with Crippen molar-refractivity contribution in [2.45, 2.75) is 52.9 Å². The van der Waals surface area contributed by atoms with Crippen LogP contribution in [-0.4, -0.2) is 11.7 Å². The summed E-state index contributed by atoms with van der Waals surface area (Å²) in [6.07, 6.45) is 5.91. The Morgan fingerprint density at radius 1 is 0.941 bits per heavy atom. The van der Waals surface area contributed by atoms with Crippen molar-refractivity contribution >= 4 is 0 Å². The van der Waals surface area contributed by atoms with Crippen LogP contribution in [0.2, 0.25) is 0 Å². The molecule has 0 amide bonds. The van der Waals surface area contributed by atoms with E-state index in [2.05, 4.69) is 45.0 Å². The zero-order valence-corrected chi connectivity index (χ0v) is 11.7. The standard InChI is InChI=1S/C8H18O.C8H10/c1-3-5-8(7-9)6-4-2;1-2-8-6-4-3-5-7-8/h8-9H,3-7H2,1-2H3;3-7H,2H2,1H3. The Bertz CT molecular complexity index is 237. The van der Waals surface area contributed by atoms with Crippen LogP contribution in [0, 0.1) is 5.92 Å². The topological polar surface area (TPSA) is 20.2 Å². The zero-order chi connectivity index (χ0) is 12.9. The lowest BCUT2D eigenvalue weighted by Gasteiger charge is -2.09. The van der Waals surface area contributed by atoms with Crippen LogP contribution in [0.3, 0.4) is 0 Å². The lowest BCUT2D eigenvalue weighted by atomic mass is 10.00. The van der Waals surface area contributed by atoms with Gasteiger partial charge in [-0.2, -0.15) is 0 Å². The Morgan fingerprint density at radius 3 is 1.76 bits per heavy atom. The molecule has 0 aliphatic rings. The summed E-state index contributed by atoms with van der Waals surface area (Å²) < 4.78 is 0. The molecule has 0 atom stereocenters. The minimum absolute atomic E-state index is 0.377. The first-order valence-electron chi connectivity index (χ1n) is 6.93. The van der Waals surface area contributed by atoms with Gasteiger partial charge < -0.3 is 5.11 Å². The number of hydrogen-bond donors (Lipinski definition) is 1. The van der Waals surface area contributed by atoms with E-state index in [4.69, 9.17) is 5.11 Å². The lowest BCUT2D eigenvalue weighted by Crippen LogP contribution is -2.04. The highest BCUT2D eigenvalue weighted by atomic mass is 16.3. The van der Waals surface area contributed by atoms with Crippen LogP contribution in [0.5, 0.6) is 0 Å². The van der Waals surface area contributed by atoms with Crippen LogP contribution in [0.25, 0.3) is 0 Å². The molecule has 0 radical (unpaired) electrons. The first kappa shape index (κ1) is 16.2. The van der Waals surface area contributed by atoms with Gasteiger partial charge in [0.2, 0.25) is 0 Å². The first-order valence-corrected chi connectivity index (χ1v) is 6.93. The van der Waals surface area contributed by atoms with Crippen LogP contribution in [-0.2, 0) is 6.42 Å². The number of hydrogen-bond acceptors (Lipinski definition) is 1. The summed E-state index contributed by atoms with van der Waals surface area (Å²) in [5.41, 5.74) is 1.41. The second kappa shape index (κ2) is 11.7. The average Bonchev–Trinajstić information content (AvgIpc) is 2.40. The molecule has 0 saturated heterocycles. The van der Waals surface area contributed by atoms with Crippen LogP contribution in [0.1, 0.15) is 52.0 Å². The number of aryl methyl sites for hydroxylation is 1. The molecule has 98 valence electrons. The second-order valence-electron chi connectivity index (χ2n) is 4.47. The van der Waals surface area contributed by atoms with Gasteiger partial charge in [0, 0.05) is 6.61 Å². The van der Waals surface area contributed by atoms with Crippen LogP contribution >= 0.6 is 0 Å². The summed E-state index contributed by atoms with van der Waals surface area (Å²) >= 11 is 0. The van der Waals surface area contributed by atoms with Gasteiger partial charge in [0.1, 0.15) is 0 Å². The van der Waals surface area contributed by atoms with Gasteiger partial charge in [-0.3, -0.25) is 0 Å². The van der Waals surface area contributed by atoms with Crippen molar-refractivity contribution in [3.63, 3.8) is 0 Å². The van der Waals surface area contributed by atoms with E-state index in [-0.39, 0.29) is 0 Å². The number of benzene rings is 1. The molecule has 0 unspecified atom stereocenters. The van der Waals surface area contributed by atoms with Gasteiger partial charge in [0.15, 0.2) is 0 Å². The summed E-state index contributed by atoms with van der Waals surface area (Å²) in [6.45, 7) is 6.87. The highest BCUT2D eigenvalue weighted by Crippen LogP contribution is 2.11. The Kier molecular flexibility index (Phi) is 11.1. The van der Waals surface area contributed by atoms with E-state index in [0.717, 1.165) is 6.42 Å². The maximum Gasteiger partial charge on any atom is 0.0459 e. The smallest absolute Gasteiger partial charge is 0.0459 e. The molecule has 1 N–H and O–H groups in total. The summed E-state index contributed by atoms with van der Waals surface area (Å²) in [4.78, 5) is 0. The SMILES string of the molecule is CCCC(CO)CCC.CCc1ccccc1.